The maximum Gasteiger partial charge on any atom is 0.243 e. The summed E-state index contributed by atoms with van der Waals surface area (Å²) in [5.74, 6) is 0.224. The van der Waals surface area contributed by atoms with Gasteiger partial charge in [-0.15, -0.1) is 0 Å². The summed E-state index contributed by atoms with van der Waals surface area (Å²) in [6.07, 6.45) is 5.28. The van der Waals surface area contributed by atoms with Crippen molar-refractivity contribution in [1.82, 2.24) is 15.5 Å². The zero-order valence-electron chi connectivity index (χ0n) is 13.5. The van der Waals surface area contributed by atoms with Gasteiger partial charge in [0.1, 0.15) is 11.6 Å². The Hall–Kier alpha value is -2.35. The van der Waals surface area contributed by atoms with Crippen molar-refractivity contribution in [2.24, 2.45) is 5.92 Å². The number of anilines is 1. The van der Waals surface area contributed by atoms with E-state index >= 15 is 0 Å². The molecule has 0 aliphatic carbocycles. The molecule has 0 saturated carbocycles. The average Bonchev–Trinajstić information content (AvgIpc) is 2.58. The molecule has 8 nitrogen and oxygen atoms in total. The van der Waals surface area contributed by atoms with Gasteiger partial charge >= 0.3 is 0 Å². The number of carbonyl (C=O) groups excluding carboxylic acids is 2. The van der Waals surface area contributed by atoms with Crippen LogP contribution < -0.4 is 15.6 Å². The van der Waals surface area contributed by atoms with Crippen LogP contribution in [0.4, 0.5) is 5.82 Å². The number of aromatic nitrogens is 1. The van der Waals surface area contributed by atoms with Gasteiger partial charge in [-0.25, -0.2) is 10.0 Å². The highest BCUT2D eigenvalue weighted by atomic mass is 16.5. The van der Waals surface area contributed by atoms with Crippen molar-refractivity contribution in [3.63, 3.8) is 0 Å². The van der Waals surface area contributed by atoms with E-state index in [9.17, 15) is 14.8 Å². The maximum atomic E-state index is 12.2. The molecule has 0 aliphatic rings. The molecule has 0 saturated heterocycles. The Labute approximate surface area is 135 Å². The van der Waals surface area contributed by atoms with Crippen molar-refractivity contribution in [3.05, 3.63) is 18.3 Å². The van der Waals surface area contributed by atoms with Crippen LogP contribution in [0.2, 0.25) is 0 Å². The number of hydrogen-bond acceptors (Lipinski definition) is 6. The lowest BCUT2D eigenvalue weighted by molar-refractivity contribution is -0.154. The fourth-order valence-electron chi connectivity index (χ4n) is 2.05. The number of amides is 2. The SMILES string of the molecule is CCCCC[C@@H](CN(O)C=O)C(=O)NNc1cc(OC)ccn1. The van der Waals surface area contributed by atoms with E-state index < -0.39 is 5.92 Å². The summed E-state index contributed by atoms with van der Waals surface area (Å²) in [6.45, 7) is 2.02. The Bertz CT molecular complexity index is 498. The van der Waals surface area contributed by atoms with Crippen LogP contribution in [0.1, 0.15) is 32.6 Å². The van der Waals surface area contributed by atoms with Crippen LogP contribution in [0.5, 0.6) is 5.75 Å². The summed E-state index contributed by atoms with van der Waals surface area (Å²) in [7, 11) is 1.54. The second kappa shape index (κ2) is 10.4. The molecular weight excluding hydrogens is 300 g/mol. The predicted octanol–water partition coefficient (Wildman–Crippen LogP) is 1.58. The second-order valence-corrected chi connectivity index (χ2v) is 5.12. The first-order valence-electron chi connectivity index (χ1n) is 7.57. The topological polar surface area (TPSA) is 104 Å². The molecule has 0 bridgehead atoms. The van der Waals surface area contributed by atoms with Crippen molar-refractivity contribution in [3.8, 4) is 5.75 Å². The molecule has 128 valence electrons. The van der Waals surface area contributed by atoms with Crippen molar-refractivity contribution >= 4 is 18.1 Å². The number of nitrogens with one attached hydrogen (secondary N) is 2. The summed E-state index contributed by atoms with van der Waals surface area (Å²) < 4.78 is 5.07. The van der Waals surface area contributed by atoms with Gasteiger partial charge in [0.15, 0.2) is 0 Å². The third-order valence-corrected chi connectivity index (χ3v) is 3.34. The highest BCUT2D eigenvalue weighted by Crippen LogP contribution is 2.14. The predicted molar refractivity (Wildman–Crippen MR) is 84.7 cm³/mol. The highest BCUT2D eigenvalue weighted by Gasteiger charge is 2.20. The molecule has 1 heterocycles. The van der Waals surface area contributed by atoms with Gasteiger partial charge in [-0.2, -0.15) is 0 Å². The summed E-state index contributed by atoms with van der Waals surface area (Å²) in [4.78, 5) is 26.8. The van der Waals surface area contributed by atoms with E-state index in [0.717, 1.165) is 19.3 Å². The maximum absolute atomic E-state index is 12.2. The molecule has 8 heteroatoms. The van der Waals surface area contributed by atoms with Gasteiger partial charge in [-0.1, -0.05) is 26.2 Å². The van der Waals surface area contributed by atoms with Gasteiger partial charge in [-0.05, 0) is 12.5 Å². The van der Waals surface area contributed by atoms with Crippen molar-refractivity contribution < 1.29 is 19.5 Å². The Morgan fingerprint density at radius 1 is 1.52 bits per heavy atom. The van der Waals surface area contributed by atoms with Crippen molar-refractivity contribution in [2.75, 3.05) is 19.1 Å². The number of unbranched alkanes of at least 4 members (excludes halogenated alkanes) is 2. The quantitative estimate of drug-likeness (QED) is 0.247. The fraction of sp³-hybridized carbons (Fsp3) is 0.533. The number of nitrogens with zero attached hydrogens (tertiary/aromatic N) is 2. The molecule has 23 heavy (non-hydrogen) atoms. The number of ether oxygens (including phenoxy) is 1. The first kappa shape index (κ1) is 18.7. The van der Waals surface area contributed by atoms with Gasteiger partial charge in [0, 0.05) is 12.3 Å². The molecule has 2 amide bonds. The summed E-state index contributed by atoms with van der Waals surface area (Å²) in [6, 6.07) is 3.32. The van der Waals surface area contributed by atoms with E-state index in [1.165, 1.54) is 7.11 Å². The minimum absolute atomic E-state index is 0.0493. The minimum atomic E-state index is -0.505. The lowest BCUT2D eigenvalue weighted by Gasteiger charge is -2.19. The van der Waals surface area contributed by atoms with Crippen molar-refractivity contribution in [1.29, 1.82) is 0 Å². The largest absolute Gasteiger partial charge is 0.497 e. The first-order valence-corrected chi connectivity index (χ1v) is 7.57. The highest BCUT2D eigenvalue weighted by molar-refractivity contribution is 5.80. The van der Waals surface area contributed by atoms with Gasteiger partial charge in [0.25, 0.3) is 0 Å². The first-order chi connectivity index (χ1) is 11.1. The molecule has 3 N–H and O–H groups in total. The average molecular weight is 324 g/mol. The van der Waals surface area contributed by atoms with Crippen LogP contribution in [0, 0.1) is 5.92 Å². The summed E-state index contributed by atoms with van der Waals surface area (Å²) >= 11 is 0. The molecule has 0 unspecified atom stereocenters. The van der Waals surface area contributed by atoms with Crippen LogP contribution in [0.25, 0.3) is 0 Å². The summed E-state index contributed by atoms with van der Waals surface area (Å²) in [5, 5.41) is 9.81. The smallest absolute Gasteiger partial charge is 0.243 e. The standard InChI is InChI=1S/C15H24N4O4/c1-3-4-5-6-12(10-19(22)11-20)15(21)18-17-14-9-13(23-2)7-8-16-14/h7-9,11-12,22H,3-6,10H2,1-2H3,(H,16,17)(H,18,21)/t12-/m0/s1. The zero-order valence-corrected chi connectivity index (χ0v) is 13.5. The van der Waals surface area contributed by atoms with E-state index in [1.807, 2.05) is 0 Å². The molecular formula is C15H24N4O4. The summed E-state index contributed by atoms with van der Waals surface area (Å²) in [5.41, 5.74) is 5.25. The molecule has 0 aliphatic heterocycles. The lowest BCUT2D eigenvalue weighted by atomic mass is 10.0. The normalized spacial score (nSPS) is 11.4. The number of hydrogen-bond donors (Lipinski definition) is 3. The Kier molecular flexibility index (Phi) is 8.45. The molecule has 0 fully saturated rings. The molecule has 0 aromatic carbocycles. The molecule has 0 radical (unpaired) electrons. The number of pyridine rings is 1. The van der Waals surface area contributed by atoms with E-state index in [-0.39, 0.29) is 18.9 Å². The van der Waals surface area contributed by atoms with E-state index in [0.29, 0.717) is 23.1 Å². The zero-order chi connectivity index (χ0) is 17.1. The second-order valence-electron chi connectivity index (χ2n) is 5.12. The lowest BCUT2D eigenvalue weighted by Crippen LogP contribution is -2.40. The molecule has 0 spiro atoms. The van der Waals surface area contributed by atoms with Crippen LogP contribution >= 0.6 is 0 Å². The molecule has 1 aromatic rings. The van der Waals surface area contributed by atoms with Gasteiger partial charge in [-0.3, -0.25) is 25.6 Å². The monoisotopic (exact) mass is 324 g/mol. The van der Waals surface area contributed by atoms with E-state index in [2.05, 4.69) is 22.8 Å². The third kappa shape index (κ3) is 6.96. The molecule has 1 atom stereocenters. The Balaban J connectivity index is 2.58. The minimum Gasteiger partial charge on any atom is -0.497 e. The Morgan fingerprint density at radius 3 is 2.96 bits per heavy atom. The van der Waals surface area contributed by atoms with Crippen LogP contribution in [-0.2, 0) is 9.59 Å². The number of carbonyl (C=O) groups is 2. The number of hydrazine groups is 1. The molecule has 1 aromatic heterocycles. The fourth-order valence-corrected chi connectivity index (χ4v) is 2.05. The van der Waals surface area contributed by atoms with E-state index in [1.54, 1.807) is 18.3 Å². The Morgan fingerprint density at radius 2 is 2.30 bits per heavy atom. The van der Waals surface area contributed by atoms with E-state index in [4.69, 9.17) is 4.74 Å². The van der Waals surface area contributed by atoms with Gasteiger partial charge < -0.3 is 4.74 Å². The van der Waals surface area contributed by atoms with Crippen LogP contribution in [-0.4, -0.2) is 41.2 Å². The van der Waals surface area contributed by atoms with Gasteiger partial charge in [0.2, 0.25) is 12.3 Å². The molecule has 1 rings (SSSR count). The van der Waals surface area contributed by atoms with Gasteiger partial charge in [0.05, 0.1) is 19.6 Å². The number of hydroxylamine groups is 2. The third-order valence-electron chi connectivity index (χ3n) is 3.34. The number of rotatable bonds is 11. The van der Waals surface area contributed by atoms with Crippen LogP contribution in [0.15, 0.2) is 18.3 Å². The van der Waals surface area contributed by atoms with Crippen LogP contribution in [0.3, 0.4) is 0 Å². The van der Waals surface area contributed by atoms with Crippen molar-refractivity contribution in [2.45, 2.75) is 32.6 Å². The number of methoxy groups -OCH3 is 1.